The maximum absolute atomic E-state index is 12.3. The van der Waals surface area contributed by atoms with Crippen molar-refractivity contribution in [3.05, 3.63) is 16.7 Å². The lowest BCUT2D eigenvalue weighted by atomic mass is 9.70. The number of nitrogens with zero attached hydrogens (tertiary/aromatic N) is 3. The van der Waals surface area contributed by atoms with Crippen LogP contribution in [0.2, 0.25) is 0 Å². The van der Waals surface area contributed by atoms with Crippen LogP contribution in [0.5, 0.6) is 0 Å². The summed E-state index contributed by atoms with van der Waals surface area (Å²) < 4.78 is 24.5. The summed E-state index contributed by atoms with van der Waals surface area (Å²) in [6.07, 6.45) is 22.3. The van der Waals surface area contributed by atoms with E-state index in [1.807, 2.05) is 0 Å². The summed E-state index contributed by atoms with van der Waals surface area (Å²) in [5.74, 6) is -0.386. The molecule has 234 valence electrons. The fourth-order valence-electron chi connectivity index (χ4n) is 5.80. The maximum Gasteiger partial charge on any atom is 0.472 e. The molecule has 2 heterocycles. The van der Waals surface area contributed by atoms with Crippen molar-refractivity contribution in [2.75, 3.05) is 25.6 Å². The number of nitrogen functional groups attached to an aromatic ring is 1. The number of hydrogen-bond donors (Lipinski definition) is 4. The summed E-state index contributed by atoms with van der Waals surface area (Å²) in [6, 6.07) is -0.170. The highest BCUT2D eigenvalue weighted by Gasteiger charge is 2.43. The molecule has 0 spiro atoms. The third-order valence-electron chi connectivity index (χ3n) is 8.37. The van der Waals surface area contributed by atoms with Crippen LogP contribution in [0.4, 0.5) is 5.95 Å². The van der Waals surface area contributed by atoms with E-state index < -0.39 is 13.4 Å². The molecule has 41 heavy (non-hydrogen) atoms. The first kappa shape index (κ1) is 33.7. The minimum Gasteiger partial charge on any atom is -0.396 e. The fraction of sp³-hybridized carbons (Fsp3) is 0.828. The van der Waals surface area contributed by atoms with Crippen LogP contribution >= 0.6 is 7.82 Å². The van der Waals surface area contributed by atoms with Gasteiger partial charge in [0.05, 0.1) is 19.5 Å². The first-order chi connectivity index (χ1) is 19.9. The lowest BCUT2D eigenvalue weighted by molar-refractivity contribution is -0.00810. The Hall–Kier alpha value is -1.78. The highest BCUT2D eigenvalue weighted by atomic mass is 31.2. The zero-order valence-corrected chi connectivity index (χ0v) is 25.7. The van der Waals surface area contributed by atoms with E-state index in [0.29, 0.717) is 12.1 Å². The average Bonchev–Trinajstić information content (AvgIpc) is 3.33. The summed E-state index contributed by atoms with van der Waals surface area (Å²) in [6.45, 7) is 2.30. The summed E-state index contributed by atoms with van der Waals surface area (Å²) in [5.41, 5.74) is 5.78. The number of nitrogens with one attached hydrogen (secondary N) is 1. The Morgan fingerprint density at radius 2 is 1.54 bits per heavy atom. The van der Waals surface area contributed by atoms with Crippen molar-refractivity contribution in [3.8, 4) is 0 Å². The number of anilines is 1. The van der Waals surface area contributed by atoms with Gasteiger partial charge in [-0.05, 0) is 18.8 Å². The third kappa shape index (κ3) is 11.1. The second-order valence-corrected chi connectivity index (χ2v) is 13.0. The van der Waals surface area contributed by atoms with E-state index >= 15 is 0 Å². The zero-order chi connectivity index (χ0) is 29.5. The largest absolute Gasteiger partial charge is 0.472 e. The monoisotopic (exact) mass is 597 g/mol. The van der Waals surface area contributed by atoms with Crippen molar-refractivity contribution in [2.24, 2.45) is 11.8 Å². The molecule has 1 unspecified atom stereocenters. The van der Waals surface area contributed by atoms with Gasteiger partial charge in [0.2, 0.25) is 5.95 Å². The SMILES string of the molecule is CCCCCCCCCCCCCCCCCCOP(=O)(O)OC[C@H]1C[C@@H](n2cnc3c(=O)[nH]c(N)nc32)[C@H]1CO. The summed E-state index contributed by atoms with van der Waals surface area (Å²) >= 11 is 0. The Morgan fingerprint density at radius 1 is 0.976 bits per heavy atom. The van der Waals surface area contributed by atoms with Crippen molar-refractivity contribution < 1.29 is 23.6 Å². The molecule has 4 atom stereocenters. The van der Waals surface area contributed by atoms with Crippen molar-refractivity contribution in [1.82, 2.24) is 19.5 Å². The number of phosphoric acid groups is 1. The molecule has 12 heteroatoms. The number of phosphoric ester groups is 1. The molecule has 5 N–H and O–H groups in total. The minimum atomic E-state index is -4.16. The van der Waals surface area contributed by atoms with E-state index in [-0.39, 0.29) is 49.2 Å². The van der Waals surface area contributed by atoms with Gasteiger partial charge in [0.25, 0.3) is 5.56 Å². The van der Waals surface area contributed by atoms with Crippen LogP contribution in [0.1, 0.15) is 122 Å². The molecule has 0 bridgehead atoms. The second kappa shape index (κ2) is 18.0. The Labute approximate surface area is 244 Å². The second-order valence-electron chi connectivity index (χ2n) is 11.6. The van der Waals surface area contributed by atoms with E-state index in [1.54, 1.807) is 4.57 Å². The lowest BCUT2D eigenvalue weighted by Crippen LogP contribution is -2.42. The van der Waals surface area contributed by atoms with Gasteiger partial charge in [0.1, 0.15) is 0 Å². The topological polar surface area (TPSA) is 166 Å². The Kier molecular flexibility index (Phi) is 14.8. The summed E-state index contributed by atoms with van der Waals surface area (Å²) in [4.78, 5) is 32.8. The molecule has 2 aromatic heterocycles. The molecule has 1 saturated carbocycles. The van der Waals surface area contributed by atoms with Gasteiger partial charge in [-0.3, -0.25) is 18.8 Å². The average molecular weight is 598 g/mol. The molecule has 0 radical (unpaired) electrons. The first-order valence-electron chi connectivity index (χ1n) is 15.8. The lowest BCUT2D eigenvalue weighted by Gasteiger charge is -2.44. The van der Waals surface area contributed by atoms with E-state index in [4.69, 9.17) is 14.8 Å². The van der Waals surface area contributed by atoms with Gasteiger partial charge < -0.3 is 20.3 Å². The van der Waals surface area contributed by atoms with Crippen LogP contribution in [-0.4, -0.2) is 49.3 Å². The standard InChI is InChI=1S/C29H52N5O6P/c1-2-3-4-5-6-7-8-9-10-11-12-13-14-15-16-17-18-39-41(37,38)40-21-23-19-25(24(23)20-35)34-22-31-26-27(34)32-29(30)33-28(26)36/h22-25,35H,2-21H2,1H3,(H,37,38)(H3,30,32,33,36)/t23-,24+,25-/m1/s1. The Bertz CT molecular complexity index is 1120. The zero-order valence-electron chi connectivity index (χ0n) is 24.8. The fourth-order valence-corrected chi connectivity index (χ4v) is 6.62. The van der Waals surface area contributed by atoms with E-state index in [0.717, 1.165) is 19.3 Å². The number of fused-ring (bicyclic) bond motifs is 1. The number of aromatic nitrogens is 4. The summed E-state index contributed by atoms with van der Waals surface area (Å²) in [7, 11) is -4.16. The van der Waals surface area contributed by atoms with Crippen molar-refractivity contribution in [2.45, 2.75) is 122 Å². The molecule has 2 aromatic rings. The quantitative estimate of drug-likeness (QED) is 0.0853. The predicted molar refractivity (Wildman–Crippen MR) is 162 cm³/mol. The smallest absolute Gasteiger partial charge is 0.396 e. The van der Waals surface area contributed by atoms with Gasteiger partial charge in [-0.1, -0.05) is 103 Å². The molecule has 1 fully saturated rings. The van der Waals surface area contributed by atoms with Gasteiger partial charge in [-0.25, -0.2) is 9.55 Å². The van der Waals surface area contributed by atoms with Gasteiger partial charge in [-0.2, -0.15) is 4.98 Å². The van der Waals surface area contributed by atoms with Crippen LogP contribution in [-0.2, 0) is 13.6 Å². The highest BCUT2D eigenvalue weighted by Crippen LogP contribution is 2.49. The van der Waals surface area contributed by atoms with Crippen LogP contribution in [0.3, 0.4) is 0 Å². The molecule has 1 aliphatic rings. The normalized spacial score (nSPS) is 20.3. The maximum atomic E-state index is 12.3. The number of rotatable bonds is 23. The molecule has 3 rings (SSSR count). The number of unbranched alkanes of at least 4 members (excludes halogenated alkanes) is 15. The first-order valence-corrected chi connectivity index (χ1v) is 17.3. The van der Waals surface area contributed by atoms with Crippen LogP contribution < -0.4 is 11.3 Å². The van der Waals surface area contributed by atoms with E-state index in [1.165, 1.54) is 89.8 Å². The van der Waals surface area contributed by atoms with Crippen molar-refractivity contribution in [3.63, 3.8) is 0 Å². The van der Waals surface area contributed by atoms with Crippen molar-refractivity contribution >= 4 is 24.9 Å². The molecule has 0 amide bonds. The van der Waals surface area contributed by atoms with Crippen molar-refractivity contribution in [1.29, 1.82) is 0 Å². The molecular weight excluding hydrogens is 545 g/mol. The van der Waals surface area contributed by atoms with E-state index in [2.05, 4.69) is 21.9 Å². The molecular formula is C29H52N5O6P. The number of hydrogen-bond acceptors (Lipinski definition) is 8. The predicted octanol–water partition coefficient (Wildman–Crippen LogP) is 6.27. The van der Waals surface area contributed by atoms with Gasteiger partial charge in [0, 0.05) is 18.6 Å². The number of aliphatic hydroxyl groups is 1. The molecule has 0 aromatic carbocycles. The van der Waals surface area contributed by atoms with Crippen LogP contribution in [0.15, 0.2) is 11.1 Å². The van der Waals surface area contributed by atoms with Crippen LogP contribution in [0, 0.1) is 11.8 Å². The van der Waals surface area contributed by atoms with Crippen LogP contribution in [0.25, 0.3) is 11.2 Å². The number of aliphatic hydroxyl groups excluding tert-OH is 1. The highest BCUT2D eigenvalue weighted by molar-refractivity contribution is 7.47. The van der Waals surface area contributed by atoms with E-state index in [9.17, 15) is 19.4 Å². The van der Waals surface area contributed by atoms with Gasteiger partial charge in [0.15, 0.2) is 11.2 Å². The number of imidazole rings is 1. The summed E-state index contributed by atoms with van der Waals surface area (Å²) in [5, 5.41) is 9.94. The number of nitrogens with two attached hydrogens (primary N) is 1. The van der Waals surface area contributed by atoms with Gasteiger partial charge >= 0.3 is 7.82 Å². The molecule has 1 aliphatic carbocycles. The number of H-pyrrole nitrogens is 1. The minimum absolute atomic E-state index is 0.00273. The molecule has 0 saturated heterocycles. The Morgan fingerprint density at radius 3 is 2.10 bits per heavy atom. The molecule has 0 aliphatic heterocycles. The number of aromatic amines is 1. The van der Waals surface area contributed by atoms with Gasteiger partial charge in [-0.15, -0.1) is 0 Å². The molecule has 11 nitrogen and oxygen atoms in total. The Balaban J connectivity index is 1.20. The third-order valence-corrected chi connectivity index (χ3v) is 9.35.